The van der Waals surface area contributed by atoms with Crippen molar-refractivity contribution in [3.63, 3.8) is 0 Å². The van der Waals surface area contributed by atoms with E-state index in [4.69, 9.17) is 19.8 Å². The molecule has 0 saturated carbocycles. The Labute approximate surface area is 89.0 Å². The van der Waals surface area contributed by atoms with Crippen LogP contribution >= 0.6 is 0 Å². The van der Waals surface area contributed by atoms with Crippen LogP contribution in [-0.4, -0.2) is 56.1 Å². The first kappa shape index (κ1) is 13.7. The highest BCUT2D eigenvalue weighted by molar-refractivity contribution is 5.67. The van der Waals surface area contributed by atoms with Gasteiger partial charge in [-0.1, -0.05) is 0 Å². The quantitative estimate of drug-likeness (QED) is 0.646. The van der Waals surface area contributed by atoms with Gasteiger partial charge in [-0.05, 0) is 0 Å². The van der Waals surface area contributed by atoms with Crippen LogP contribution in [0.1, 0.15) is 6.42 Å². The van der Waals surface area contributed by atoms with Gasteiger partial charge in [0.05, 0.1) is 25.7 Å². The lowest BCUT2D eigenvalue weighted by Crippen LogP contribution is -2.35. The number of nitriles is 1. The lowest BCUT2D eigenvalue weighted by atomic mass is 10.4. The Balaban J connectivity index is 3.97. The molecule has 0 aliphatic rings. The average molecular weight is 216 g/mol. The molecule has 0 saturated heterocycles. The number of carbonyl (C=O) groups is 1. The molecule has 0 aliphatic heterocycles. The normalized spacial score (nSPS) is 9.40. The standard InChI is InChI=1S/C9H16N2O4/c1-14-7-5-11(4-2-3-10)9(13)15-8-6-12/h12H,2,4-8H2,1H3. The molecule has 0 aliphatic carbocycles. The summed E-state index contributed by atoms with van der Waals surface area (Å²) in [6.07, 6.45) is -0.283. The number of rotatable bonds is 7. The molecule has 0 bridgehead atoms. The third-order valence-corrected chi connectivity index (χ3v) is 1.63. The molecule has 1 amide bonds. The number of hydrogen-bond donors (Lipinski definition) is 1. The van der Waals surface area contributed by atoms with Crippen LogP contribution in [0, 0.1) is 11.3 Å². The minimum absolute atomic E-state index is 0.0329. The number of nitrogens with zero attached hydrogens (tertiary/aromatic N) is 2. The highest BCUT2D eigenvalue weighted by Gasteiger charge is 2.13. The number of methoxy groups -OCH3 is 1. The summed E-state index contributed by atoms with van der Waals surface area (Å²) in [5.74, 6) is 0. The van der Waals surface area contributed by atoms with Gasteiger partial charge >= 0.3 is 6.09 Å². The highest BCUT2D eigenvalue weighted by atomic mass is 16.6. The topological polar surface area (TPSA) is 82.8 Å². The molecule has 6 heteroatoms. The molecule has 0 aromatic heterocycles. The fourth-order valence-corrected chi connectivity index (χ4v) is 0.905. The summed E-state index contributed by atoms with van der Waals surface area (Å²) in [5.41, 5.74) is 0. The second-order valence-corrected chi connectivity index (χ2v) is 2.73. The van der Waals surface area contributed by atoms with Gasteiger partial charge in [-0.25, -0.2) is 4.79 Å². The van der Waals surface area contributed by atoms with Gasteiger partial charge in [0.2, 0.25) is 0 Å². The SMILES string of the molecule is COCCN(CCC#N)C(=O)OCCO. The van der Waals surface area contributed by atoms with E-state index in [1.807, 2.05) is 6.07 Å². The number of hydrogen-bond acceptors (Lipinski definition) is 5. The minimum atomic E-state index is -0.531. The Morgan fingerprint density at radius 1 is 1.47 bits per heavy atom. The summed E-state index contributed by atoms with van der Waals surface area (Å²) < 4.78 is 9.54. The van der Waals surface area contributed by atoms with E-state index < -0.39 is 6.09 Å². The highest BCUT2D eigenvalue weighted by Crippen LogP contribution is 1.96. The summed E-state index contributed by atoms with van der Waals surface area (Å²) in [6.45, 7) is 0.837. The van der Waals surface area contributed by atoms with Crippen molar-refractivity contribution in [3.8, 4) is 6.07 Å². The predicted molar refractivity (Wildman–Crippen MR) is 52.1 cm³/mol. The van der Waals surface area contributed by atoms with Crippen LogP contribution in [0.4, 0.5) is 4.79 Å². The summed E-state index contributed by atoms with van der Waals surface area (Å²) >= 11 is 0. The molecule has 0 spiro atoms. The maximum absolute atomic E-state index is 11.3. The van der Waals surface area contributed by atoms with E-state index in [-0.39, 0.29) is 19.6 Å². The van der Waals surface area contributed by atoms with Gasteiger partial charge in [0.25, 0.3) is 0 Å². The molecule has 0 aromatic carbocycles. The zero-order chi connectivity index (χ0) is 11.5. The fraction of sp³-hybridized carbons (Fsp3) is 0.778. The van der Waals surface area contributed by atoms with Crippen molar-refractivity contribution in [2.75, 3.05) is 40.0 Å². The second kappa shape index (κ2) is 9.24. The number of carbonyl (C=O) groups excluding carboxylic acids is 1. The van der Waals surface area contributed by atoms with E-state index in [9.17, 15) is 4.79 Å². The van der Waals surface area contributed by atoms with E-state index in [2.05, 4.69) is 0 Å². The number of aliphatic hydroxyl groups excluding tert-OH is 1. The molecule has 86 valence electrons. The van der Waals surface area contributed by atoms with Crippen LogP contribution in [-0.2, 0) is 9.47 Å². The van der Waals surface area contributed by atoms with Crippen LogP contribution in [0.2, 0.25) is 0 Å². The third-order valence-electron chi connectivity index (χ3n) is 1.63. The summed E-state index contributed by atoms with van der Waals surface area (Å²) in [5, 5.41) is 16.9. The van der Waals surface area contributed by atoms with Crippen molar-refractivity contribution in [1.82, 2.24) is 4.90 Å². The van der Waals surface area contributed by atoms with Crippen molar-refractivity contribution in [1.29, 1.82) is 5.26 Å². The molecule has 0 radical (unpaired) electrons. The Morgan fingerprint density at radius 2 is 2.20 bits per heavy atom. The molecule has 0 fully saturated rings. The Hall–Kier alpha value is -1.32. The fourth-order valence-electron chi connectivity index (χ4n) is 0.905. The summed E-state index contributed by atoms with van der Waals surface area (Å²) in [7, 11) is 1.53. The van der Waals surface area contributed by atoms with Gasteiger partial charge in [-0.3, -0.25) is 0 Å². The lowest BCUT2D eigenvalue weighted by Gasteiger charge is -2.20. The first-order valence-corrected chi connectivity index (χ1v) is 4.64. The van der Waals surface area contributed by atoms with Crippen molar-refractivity contribution in [2.45, 2.75) is 6.42 Å². The van der Waals surface area contributed by atoms with Crippen molar-refractivity contribution >= 4 is 6.09 Å². The van der Waals surface area contributed by atoms with Crippen LogP contribution < -0.4 is 0 Å². The molecule has 15 heavy (non-hydrogen) atoms. The average Bonchev–Trinajstić information content (AvgIpc) is 2.26. The Kier molecular flexibility index (Phi) is 8.43. The van der Waals surface area contributed by atoms with Gasteiger partial charge in [0, 0.05) is 20.2 Å². The molecule has 1 N–H and O–H groups in total. The molecular weight excluding hydrogens is 200 g/mol. The summed E-state index contributed by atoms with van der Waals surface area (Å²) in [4.78, 5) is 12.7. The first-order valence-electron chi connectivity index (χ1n) is 4.64. The van der Waals surface area contributed by atoms with Gasteiger partial charge < -0.3 is 19.5 Å². The molecule has 0 unspecified atom stereocenters. The number of amides is 1. The second-order valence-electron chi connectivity index (χ2n) is 2.73. The van der Waals surface area contributed by atoms with E-state index in [0.29, 0.717) is 19.7 Å². The van der Waals surface area contributed by atoms with Gasteiger partial charge in [0.1, 0.15) is 6.61 Å². The van der Waals surface area contributed by atoms with Gasteiger partial charge in [-0.15, -0.1) is 0 Å². The molecule has 0 atom stereocenters. The van der Waals surface area contributed by atoms with Crippen LogP contribution in [0.5, 0.6) is 0 Å². The monoisotopic (exact) mass is 216 g/mol. The zero-order valence-corrected chi connectivity index (χ0v) is 8.81. The number of aliphatic hydroxyl groups is 1. The maximum Gasteiger partial charge on any atom is 0.409 e. The molecule has 0 heterocycles. The van der Waals surface area contributed by atoms with Crippen molar-refractivity contribution in [2.24, 2.45) is 0 Å². The van der Waals surface area contributed by atoms with Crippen LogP contribution in [0.3, 0.4) is 0 Å². The minimum Gasteiger partial charge on any atom is -0.447 e. The Bertz CT molecular complexity index is 215. The summed E-state index contributed by atoms with van der Waals surface area (Å²) in [6, 6.07) is 1.95. The largest absolute Gasteiger partial charge is 0.447 e. The molecule has 0 rings (SSSR count). The van der Waals surface area contributed by atoms with E-state index in [1.165, 1.54) is 12.0 Å². The van der Waals surface area contributed by atoms with Crippen LogP contribution in [0.25, 0.3) is 0 Å². The molecule has 0 aromatic rings. The van der Waals surface area contributed by atoms with Gasteiger partial charge in [-0.2, -0.15) is 5.26 Å². The van der Waals surface area contributed by atoms with Gasteiger partial charge in [0.15, 0.2) is 0 Å². The Morgan fingerprint density at radius 3 is 2.73 bits per heavy atom. The van der Waals surface area contributed by atoms with E-state index in [0.717, 1.165) is 0 Å². The van der Waals surface area contributed by atoms with Crippen molar-refractivity contribution < 1.29 is 19.4 Å². The maximum atomic E-state index is 11.3. The lowest BCUT2D eigenvalue weighted by molar-refractivity contribution is 0.0743. The smallest absolute Gasteiger partial charge is 0.409 e. The van der Waals surface area contributed by atoms with Crippen LogP contribution in [0.15, 0.2) is 0 Å². The molecule has 6 nitrogen and oxygen atoms in total. The third kappa shape index (κ3) is 6.71. The first-order chi connectivity index (χ1) is 7.26. The zero-order valence-electron chi connectivity index (χ0n) is 8.81. The van der Waals surface area contributed by atoms with E-state index in [1.54, 1.807) is 0 Å². The molecular formula is C9H16N2O4. The predicted octanol–water partition coefficient (Wildman–Crippen LogP) is -0.0226. The number of ether oxygens (including phenoxy) is 2. The van der Waals surface area contributed by atoms with E-state index >= 15 is 0 Å². The van der Waals surface area contributed by atoms with Crippen molar-refractivity contribution in [3.05, 3.63) is 0 Å².